The molecular weight excluding hydrogens is 506 g/mol. The van der Waals surface area contributed by atoms with Gasteiger partial charge in [0.25, 0.3) is 0 Å². The van der Waals surface area contributed by atoms with Crippen molar-refractivity contribution in [1.82, 2.24) is 4.31 Å². The molecule has 3 rings (SSSR count). The van der Waals surface area contributed by atoms with Crippen molar-refractivity contribution in [2.24, 2.45) is 0 Å². The van der Waals surface area contributed by atoms with Crippen molar-refractivity contribution in [1.29, 1.82) is 0 Å². The first-order chi connectivity index (χ1) is 16.0. The minimum absolute atomic E-state index is 0.00183. The summed E-state index contributed by atoms with van der Waals surface area (Å²) in [5, 5.41) is 2.82. The molecule has 0 saturated carbocycles. The van der Waals surface area contributed by atoms with Crippen LogP contribution in [0.15, 0.2) is 41.3 Å². The zero-order chi connectivity index (χ0) is 25.1. The van der Waals surface area contributed by atoms with E-state index in [1.165, 1.54) is 54.9 Å². The quantitative estimate of drug-likeness (QED) is 0.527. The van der Waals surface area contributed by atoms with Gasteiger partial charge in [-0.15, -0.1) is 0 Å². The van der Waals surface area contributed by atoms with E-state index >= 15 is 0 Å². The van der Waals surface area contributed by atoms with Gasteiger partial charge in [0.05, 0.1) is 36.7 Å². The van der Waals surface area contributed by atoms with Crippen molar-refractivity contribution in [3.63, 3.8) is 0 Å². The average Bonchev–Trinajstić information content (AvgIpc) is 3.32. The first kappa shape index (κ1) is 26.1. The number of benzene rings is 2. The van der Waals surface area contributed by atoms with E-state index in [0.29, 0.717) is 13.1 Å². The van der Waals surface area contributed by atoms with E-state index in [-0.39, 0.29) is 32.8 Å². The molecule has 0 atom stereocenters. The normalized spacial score (nSPS) is 14.6. The van der Waals surface area contributed by atoms with E-state index in [1.54, 1.807) is 0 Å². The molecule has 1 fully saturated rings. The summed E-state index contributed by atoms with van der Waals surface area (Å²) in [4.78, 5) is 12.9. The van der Waals surface area contributed by atoms with Crippen LogP contribution in [0.2, 0.25) is 5.02 Å². The Bertz CT molecular complexity index is 1280. The van der Waals surface area contributed by atoms with Crippen molar-refractivity contribution >= 4 is 48.9 Å². The van der Waals surface area contributed by atoms with Crippen molar-refractivity contribution in [2.45, 2.75) is 17.7 Å². The predicted molar refractivity (Wildman–Crippen MR) is 130 cm³/mol. The molecule has 0 spiro atoms. The lowest BCUT2D eigenvalue weighted by atomic mass is 10.2. The molecule has 0 aromatic heterocycles. The zero-order valence-corrected chi connectivity index (χ0v) is 21.3. The number of carbonyl (C=O) groups is 1. The first-order valence-electron chi connectivity index (χ1n) is 10.3. The summed E-state index contributed by atoms with van der Waals surface area (Å²) in [6, 6.07) is 8.54. The van der Waals surface area contributed by atoms with Crippen LogP contribution in [0.4, 0.5) is 11.4 Å². The third-order valence-electron chi connectivity index (χ3n) is 5.24. The van der Waals surface area contributed by atoms with E-state index < -0.39 is 32.5 Å². The maximum Gasteiger partial charge on any atom is 0.245 e. The summed E-state index contributed by atoms with van der Waals surface area (Å²) in [5.74, 6) is -0.291. The number of halogens is 1. The maximum atomic E-state index is 12.9. The Labute approximate surface area is 204 Å². The van der Waals surface area contributed by atoms with Gasteiger partial charge in [0, 0.05) is 18.1 Å². The standard InChI is InChI=1S/C21H26ClN3O7S2/c1-31-19-9-7-16(34(29,30)24-10-4-5-11-24)13-17(19)23-21(26)14-25(33(3,27)28)18-12-15(22)6-8-20(18)32-2/h6-9,12-13H,4-5,10-11,14H2,1-3H3,(H,23,26). The van der Waals surface area contributed by atoms with Gasteiger partial charge < -0.3 is 14.8 Å². The smallest absolute Gasteiger partial charge is 0.245 e. The summed E-state index contributed by atoms with van der Waals surface area (Å²) in [6.45, 7) is 0.253. The lowest BCUT2D eigenvalue weighted by molar-refractivity contribution is -0.114. The van der Waals surface area contributed by atoms with Gasteiger partial charge in [-0.1, -0.05) is 11.6 Å². The first-order valence-corrected chi connectivity index (χ1v) is 13.9. The number of anilines is 2. The summed E-state index contributed by atoms with van der Waals surface area (Å²) >= 11 is 6.03. The van der Waals surface area contributed by atoms with Gasteiger partial charge >= 0.3 is 0 Å². The summed E-state index contributed by atoms with van der Waals surface area (Å²) in [5.41, 5.74) is 0.184. The van der Waals surface area contributed by atoms with E-state index in [2.05, 4.69) is 5.32 Å². The Morgan fingerprint density at radius 1 is 1.03 bits per heavy atom. The van der Waals surface area contributed by atoms with Crippen LogP contribution in [-0.4, -0.2) is 67.2 Å². The van der Waals surface area contributed by atoms with Gasteiger partial charge in [-0.3, -0.25) is 9.10 Å². The Morgan fingerprint density at radius 2 is 1.65 bits per heavy atom. The third-order valence-corrected chi connectivity index (χ3v) is 8.50. The fourth-order valence-corrected chi connectivity index (χ4v) is 6.14. The highest BCUT2D eigenvalue weighted by atomic mass is 35.5. The molecule has 0 unspecified atom stereocenters. The molecule has 0 radical (unpaired) electrons. The van der Waals surface area contributed by atoms with Crippen molar-refractivity contribution in [2.75, 3.05) is 49.7 Å². The number of sulfonamides is 2. The van der Waals surface area contributed by atoms with Gasteiger partial charge in [0.15, 0.2) is 0 Å². The predicted octanol–water partition coefficient (Wildman–Crippen LogP) is 2.55. The lowest BCUT2D eigenvalue weighted by Crippen LogP contribution is -2.37. The molecule has 1 heterocycles. The summed E-state index contributed by atoms with van der Waals surface area (Å²) < 4.78 is 63.6. The Hall–Kier alpha value is -2.54. The van der Waals surface area contributed by atoms with Crippen LogP contribution >= 0.6 is 11.6 Å². The number of hydrogen-bond donors (Lipinski definition) is 1. The van der Waals surface area contributed by atoms with Gasteiger partial charge in [-0.25, -0.2) is 16.8 Å². The molecule has 2 aromatic rings. The molecule has 0 bridgehead atoms. The Balaban J connectivity index is 1.91. The highest BCUT2D eigenvalue weighted by Crippen LogP contribution is 2.33. The van der Waals surface area contributed by atoms with Crippen LogP contribution in [0, 0.1) is 0 Å². The van der Waals surface area contributed by atoms with E-state index in [0.717, 1.165) is 23.4 Å². The van der Waals surface area contributed by atoms with Gasteiger partial charge in [0.1, 0.15) is 18.0 Å². The molecular formula is C21H26ClN3O7S2. The molecule has 1 aliphatic rings. The van der Waals surface area contributed by atoms with E-state index in [1.807, 2.05) is 0 Å². The fourth-order valence-electron chi connectivity index (χ4n) is 3.58. The molecule has 1 aliphatic heterocycles. The van der Waals surface area contributed by atoms with Gasteiger partial charge in [-0.2, -0.15) is 4.31 Å². The maximum absolute atomic E-state index is 12.9. The molecule has 13 heteroatoms. The number of hydrogen-bond acceptors (Lipinski definition) is 7. The molecule has 0 aliphatic carbocycles. The van der Waals surface area contributed by atoms with Crippen LogP contribution in [0.5, 0.6) is 11.5 Å². The van der Waals surface area contributed by atoms with Gasteiger partial charge in [0.2, 0.25) is 26.0 Å². The lowest BCUT2D eigenvalue weighted by Gasteiger charge is -2.24. The zero-order valence-electron chi connectivity index (χ0n) is 18.9. The van der Waals surface area contributed by atoms with Crippen LogP contribution < -0.4 is 19.1 Å². The SMILES string of the molecule is COc1ccc(S(=O)(=O)N2CCCC2)cc1NC(=O)CN(c1cc(Cl)ccc1OC)S(C)(=O)=O. The number of rotatable bonds is 9. The number of nitrogens with one attached hydrogen (secondary N) is 1. The molecule has 10 nitrogen and oxygen atoms in total. The Morgan fingerprint density at radius 3 is 2.24 bits per heavy atom. The highest BCUT2D eigenvalue weighted by Gasteiger charge is 2.29. The van der Waals surface area contributed by atoms with E-state index in [9.17, 15) is 21.6 Å². The number of methoxy groups -OCH3 is 2. The topological polar surface area (TPSA) is 122 Å². The molecule has 1 N–H and O–H groups in total. The third kappa shape index (κ3) is 5.74. The number of ether oxygens (including phenoxy) is 2. The van der Waals surface area contributed by atoms with E-state index in [4.69, 9.17) is 21.1 Å². The minimum Gasteiger partial charge on any atom is -0.495 e. The fraction of sp³-hybridized carbons (Fsp3) is 0.381. The molecule has 2 aromatic carbocycles. The summed E-state index contributed by atoms with van der Waals surface area (Å²) in [6.07, 6.45) is 2.52. The van der Waals surface area contributed by atoms with Crippen molar-refractivity contribution in [3.05, 3.63) is 41.4 Å². The average molecular weight is 532 g/mol. The second-order valence-corrected chi connectivity index (χ2v) is 11.9. The van der Waals surface area contributed by atoms with Crippen LogP contribution in [0.25, 0.3) is 0 Å². The second-order valence-electron chi connectivity index (χ2n) is 7.61. The monoisotopic (exact) mass is 531 g/mol. The van der Waals surface area contributed by atoms with Crippen LogP contribution in [-0.2, 0) is 24.8 Å². The molecule has 1 saturated heterocycles. The molecule has 186 valence electrons. The van der Waals surface area contributed by atoms with Crippen molar-refractivity contribution in [3.8, 4) is 11.5 Å². The molecule has 34 heavy (non-hydrogen) atoms. The number of nitrogens with zero attached hydrogens (tertiary/aromatic N) is 2. The van der Waals surface area contributed by atoms with Gasteiger partial charge in [-0.05, 0) is 49.2 Å². The summed E-state index contributed by atoms with van der Waals surface area (Å²) in [7, 11) is -4.91. The minimum atomic E-state index is -3.91. The Kier molecular flexibility index (Phi) is 7.96. The highest BCUT2D eigenvalue weighted by molar-refractivity contribution is 7.92. The van der Waals surface area contributed by atoms with Crippen molar-refractivity contribution < 1.29 is 31.1 Å². The number of carbonyl (C=O) groups excluding carboxylic acids is 1. The largest absolute Gasteiger partial charge is 0.495 e. The second kappa shape index (κ2) is 10.4. The van der Waals surface area contributed by atoms with Crippen LogP contribution in [0.3, 0.4) is 0 Å². The number of amides is 1. The molecule has 1 amide bonds. The van der Waals surface area contributed by atoms with Crippen LogP contribution in [0.1, 0.15) is 12.8 Å².